The second kappa shape index (κ2) is 7.17. The second-order valence-corrected chi connectivity index (χ2v) is 6.06. The zero-order valence-corrected chi connectivity index (χ0v) is 13.6. The lowest BCUT2D eigenvalue weighted by molar-refractivity contribution is 0.0951. The van der Waals surface area contributed by atoms with Gasteiger partial charge in [0.2, 0.25) is 0 Å². The van der Waals surface area contributed by atoms with E-state index >= 15 is 0 Å². The van der Waals surface area contributed by atoms with Crippen LogP contribution < -0.4 is 16.0 Å². The number of amides is 3. The van der Waals surface area contributed by atoms with Crippen LogP contribution in [0.1, 0.15) is 34.3 Å². The van der Waals surface area contributed by atoms with Crippen LogP contribution in [0.2, 0.25) is 0 Å². The number of rotatable bonds is 5. The fourth-order valence-electron chi connectivity index (χ4n) is 2.39. The molecule has 0 atom stereocenters. The first-order valence-corrected chi connectivity index (χ1v) is 8.12. The highest BCUT2D eigenvalue weighted by Crippen LogP contribution is 2.20. The summed E-state index contributed by atoms with van der Waals surface area (Å²) in [6.07, 6.45) is 2.09. The summed E-state index contributed by atoms with van der Waals surface area (Å²) >= 11 is 0. The lowest BCUT2D eigenvalue weighted by Gasteiger charge is -2.10. The average Bonchev–Trinajstić information content (AvgIpc) is 3.38. The van der Waals surface area contributed by atoms with Crippen molar-refractivity contribution in [1.29, 1.82) is 0 Å². The summed E-state index contributed by atoms with van der Waals surface area (Å²) in [5.41, 5.74) is 3.36. The topological polar surface area (TPSA) is 70.2 Å². The molecule has 5 heteroatoms. The number of aryl methyl sites for hydroxylation is 1. The molecule has 5 nitrogen and oxygen atoms in total. The molecule has 24 heavy (non-hydrogen) atoms. The minimum absolute atomic E-state index is 0.0959. The highest BCUT2D eigenvalue weighted by atomic mass is 16.2. The molecule has 1 aliphatic carbocycles. The van der Waals surface area contributed by atoms with E-state index in [9.17, 15) is 9.59 Å². The Morgan fingerprint density at radius 1 is 1.08 bits per heavy atom. The van der Waals surface area contributed by atoms with Gasteiger partial charge in [0.15, 0.2) is 0 Å². The predicted molar refractivity (Wildman–Crippen MR) is 94.0 cm³/mol. The van der Waals surface area contributed by atoms with Gasteiger partial charge in [-0.2, -0.15) is 0 Å². The van der Waals surface area contributed by atoms with Gasteiger partial charge in [-0.1, -0.05) is 30.3 Å². The Hall–Kier alpha value is -2.82. The standard InChI is InChI=1S/C19H21N3O2/c1-13-5-2-3-6-15(13)12-20-19(24)22-17-8-4-7-14(11-17)18(23)21-16-9-10-16/h2-8,11,16H,9-10,12H2,1H3,(H,21,23)(H2,20,22,24). The number of carbonyl (C=O) groups is 2. The summed E-state index contributed by atoms with van der Waals surface area (Å²) in [4.78, 5) is 24.1. The Morgan fingerprint density at radius 3 is 2.62 bits per heavy atom. The van der Waals surface area contributed by atoms with Gasteiger partial charge in [-0.3, -0.25) is 4.79 Å². The number of hydrogen-bond acceptors (Lipinski definition) is 2. The average molecular weight is 323 g/mol. The lowest BCUT2D eigenvalue weighted by atomic mass is 10.1. The number of benzene rings is 2. The zero-order valence-electron chi connectivity index (χ0n) is 13.6. The monoisotopic (exact) mass is 323 g/mol. The van der Waals surface area contributed by atoms with Gasteiger partial charge in [-0.25, -0.2) is 4.79 Å². The minimum atomic E-state index is -0.294. The van der Waals surface area contributed by atoms with Gasteiger partial charge < -0.3 is 16.0 Å². The number of nitrogens with one attached hydrogen (secondary N) is 3. The van der Waals surface area contributed by atoms with E-state index in [1.165, 1.54) is 0 Å². The maximum absolute atomic E-state index is 12.0. The maximum Gasteiger partial charge on any atom is 0.319 e. The van der Waals surface area contributed by atoms with Crippen molar-refractivity contribution >= 4 is 17.6 Å². The molecule has 3 rings (SSSR count). The van der Waals surface area contributed by atoms with Crippen molar-refractivity contribution < 1.29 is 9.59 Å². The van der Waals surface area contributed by atoms with Crippen LogP contribution in [0.3, 0.4) is 0 Å². The van der Waals surface area contributed by atoms with Crippen LogP contribution in [-0.4, -0.2) is 18.0 Å². The van der Waals surface area contributed by atoms with Crippen LogP contribution in [-0.2, 0) is 6.54 Å². The van der Waals surface area contributed by atoms with Gasteiger partial charge in [-0.15, -0.1) is 0 Å². The minimum Gasteiger partial charge on any atom is -0.349 e. The Balaban J connectivity index is 1.56. The number of urea groups is 1. The van der Waals surface area contributed by atoms with Crippen LogP contribution in [0, 0.1) is 6.92 Å². The van der Waals surface area contributed by atoms with Gasteiger partial charge in [0.05, 0.1) is 0 Å². The molecule has 0 heterocycles. The van der Waals surface area contributed by atoms with E-state index in [1.807, 2.05) is 31.2 Å². The lowest BCUT2D eigenvalue weighted by Crippen LogP contribution is -2.29. The zero-order chi connectivity index (χ0) is 16.9. The van der Waals surface area contributed by atoms with E-state index in [-0.39, 0.29) is 11.9 Å². The molecule has 1 aliphatic rings. The summed E-state index contributed by atoms with van der Waals surface area (Å²) < 4.78 is 0. The Kier molecular flexibility index (Phi) is 4.79. The molecule has 1 saturated carbocycles. The molecule has 0 aliphatic heterocycles. The Labute approximate surface area is 141 Å². The van der Waals surface area contributed by atoms with Crippen LogP contribution in [0.15, 0.2) is 48.5 Å². The third-order valence-corrected chi connectivity index (χ3v) is 4.00. The quantitative estimate of drug-likeness (QED) is 0.791. The number of carbonyl (C=O) groups excluding carboxylic acids is 2. The van der Waals surface area contributed by atoms with E-state index in [0.29, 0.717) is 23.8 Å². The third-order valence-electron chi connectivity index (χ3n) is 4.00. The molecule has 3 amide bonds. The van der Waals surface area contributed by atoms with E-state index in [0.717, 1.165) is 24.0 Å². The fourth-order valence-corrected chi connectivity index (χ4v) is 2.39. The first-order valence-electron chi connectivity index (χ1n) is 8.12. The third kappa shape index (κ3) is 4.35. The van der Waals surface area contributed by atoms with Gasteiger partial charge in [-0.05, 0) is 49.1 Å². The van der Waals surface area contributed by atoms with Crippen LogP contribution in [0.25, 0.3) is 0 Å². The summed E-state index contributed by atoms with van der Waals surface area (Å²) in [5.74, 6) is -0.0959. The maximum atomic E-state index is 12.0. The molecule has 0 unspecified atom stereocenters. The number of anilines is 1. The highest BCUT2D eigenvalue weighted by Gasteiger charge is 2.23. The molecule has 1 fully saturated rings. The predicted octanol–water partition coefficient (Wildman–Crippen LogP) is 3.21. The van der Waals surface area contributed by atoms with Crippen molar-refractivity contribution in [1.82, 2.24) is 10.6 Å². The molecule has 0 spiro atoms. The van der Waals surface area contributed by atoms with Crippen molar-refractivity contribution in [2.45, 2.75) is 32.4 Å². The molecule has 0 aromatic heterocycles. The molecule has 3 N–H and O–H groups in total. The molecule has 0 radical (unpaired) electrons. The van der Waals surface area contributed by atoms with Crippen LogP contribution >= 0.6 is 0 Å². The van der Waals surface area contributed by atoms with E-state index < -0.39 is 0 Å². The van der Waals surface area contributed by atoms with E-state index in [4.69, 9.17) is 0 Å². The summed E-state index contributed by atoms with van der Waals surface area (Å²) in [5, 5.41) is 8.53. The van der Waals surface area contributed by atoms with E-state index in [2.05, 4.69) is 16.0 Å². The van der Waals surface area contributed by atoms with Crippen molar-refractivity contribution in [3.63, 3.8) is 0 Å². The molecular formula is C19H21N3O2. The van der Waals surface area contributed by atoms with Crippen molar-refractivity contribution in [3.8, 4) is 0 Å². The Bertz CT molecular complexity index is 754. The van der Waals surface area contributed by atoms with E-state index in [1.54, 1.807) is 24.3 Å². The Morgan fingerprint density at radius 2 is 1.88 bits per heavy atom. The summed E-state index contributed by atoms with van der Waals surface area (Å²) in [6.45, 7) is 2.47. The SMILES string of the molecule is Cc1ccccc1CNC(=O)Nc1cccc(C(=O)NC2CC2)c1. The molecule has 2 aromatic carbocycles. The molecule has 2 aromatic rings. The van der Waals surface area contributed by atoms with Crippen molar-refractivity contribution in [2.75, 3.05) is 5.32 Å². The normalized spacial score (nSPS) is 13.2. The second-order valence-electron chi connectivity index (χ2n) is 6.06. The van der Waals surface area contributed by atoms with Crippen molar-refractivity contribution in [3.05, 3.63) is 65.2 Å². The van der Waals surface area contributed by atoms with Gasteiger partial charge in [0, 0.05) is 23.8 Å². The first kappa shape index (κ1) is 16.1. The largest absolute Gasteiger partial charge is 0.349 e. The molecular weight excluding hydrogens is 302 g/mol. The highest BCUT2D eigenvalue weighted by molar-refractivity contribution is 5.97. The first-order chi connectivity index (χ1) is 11.6. The molecule has 124 valence electrons. The van der Waals surface area contributed by atoms with Gasteiger partial charge >= 0.3 is 6.03 Å². The van der Waals surface area contributed by atoms with Crippen LogP contribution in [0.4, 0.5) is 10.5 Å². The van der Waals surface area contributed by atoms with Crippen molar-refractivity contribution in [2.24, 2.45) is 0 Å². The van der Waals surface area contributed by atoms with Gasteiger partial charge in [0.1, 0.15) is 0 Å². The van der Waals surface area contributed by atoms with Crippen LogP contribution in [0.5, 0.6) is 0 Å². The summed E-state index contributed by atoms with van der Waals surface area (Å²) in [6, 6.07) is 14.9. The fraction of sp³-hybridized carbons (Fsp3) is 0.263. The smallest absolute Gasteiger partial charge is 0.319 e. The van der Waals surface area contributed by atoms with Gasteiger partial charge in [0.25, 0.3) is 5.91 Å². The summed E-state index contributed by atoms with van der Waals surface area (Å²) in [7, 11) is 0. The number of hydrogen-bond donors (Lipinski definition) is 3. The molecule has 0 bridgehead atoms. The molecule has 0 saturated heterocycles.